The molecule has 1 saturated carbocycles. The van der Waals surface area contributed by atoms with Crippen molar-refractivity contribution in [3.05, 3.63) is 66.0 Å². The molecule has 0 unspecified atom stereocenters. The van der Waals surface area contributed by atoms with Gasteiger partial charge in [0.25, 0.3) is 0 Å². The monoisotopic (exact) mass is 320 g/mol. The minimum absolute atomic E-state index is 0.0188. The first-order valence-electron chi connectivity index (χ1n) is 6.94. The van der Waals surface area contributed by atoms with Gasteiger partial charge in [0.1, 0.15) is 5.82 Å². The highest BCUT2D eigenvalue weighted by Crippen LogP contribution is 2.55. The fraction of sp³-hybridized carbons (Fsp3) is 0.250. The van der Waals surface area contributed by atoms with E-state index in [1.54, 1.807) is 30.3 Å². The van der Waals surface area contributed by atoms with Gasteiger partial charge in [-0.1, -0.05) is 30.3 Å². The second kappa shape index (κ2) is 5.15. The van der Waals surface area contributed by atoms with E-state index in [-0.39, 0.29) is 11.4 Å². The van der Waals surface area contributed by atoms with Gasteiger partial charge >= 0.3 is 0 Å². The summed E-state index contributed by atoms with van der Waals surface area (Å²) in [6, 6.07) is 14.0. The molecule has 1 fully saturated rings. The highest BCUT2D eigenvalue weighted by Gasteiger charge is 2.68. The average molecular weight is 320 g/mol. The first kappa shape index (κ1) is 15.1. The summed E-state index contributed by atoms with van der Waals surface area (Å²) >= 11 is 0. The molecule has 0 amide bonds. The molecule has 6 heteroatoms. The largest absolute Gasteiger partial charge is 0.329 e. The zero-order valence-electron chi connectivity index (χ0n) is 11.8. The Morgan fingerprint density at radius 1 is 1.09 bits per heavy atom. The van der Waals surface area contributed by atoms with Gasteiger partial charge in [-0.05, 0) is 29.8 Å². The summed E-state index contributed by atoms with van der Waals surface area (Å²) in [7, 11) is -3.62. The van der Waals surface area contributed by atoms with Crippen molar-refractivity contribution in [2.24, 2.45) is 11.5 Å². The Labute approximate surface area is 128 Å². The summed E-state index contributed by atoms with van der Waals surface area (Å²) in [6.45, 7) is 0.0188. The maximum Gasteiger partial charge on any atom is 0.183 e. The SMILES string of the molecule is NC[C@@]1(N)[C@@H](c2cccc(F)c2)[C@@H]1S(=O)(=O)c1ccccc1. The molecule has 1 aliphatic carbocycles. The molecule has 4 nitrogen and oxygen atoms in total. The van der Waals surface area contributed by atoms with E-state index in [9.17, 15) is 12.8 Å². The molecule has 0 heterocycles. The summed E-state index contributed by atoms with van der Waals surface area (Å²) in [4.78, 5) is 0.210. The van der Waals surface area contributed by atoms with Gasteiger partial charge < -0.3 is 11.5 Å². The number of sulfone groups is 1. The smallest absolute Gasteiger partial charge is 0.183 e. The third kappa shape index (κ3) is 2.24. The Kier molecular flexibility index (Phi) is 3.55. The summed E-state index contributed by atoms with van der Waals surface area (Å²) < 4.78 is 39.1. The van der Waals surface area contributed by atoms with Crippen LogP contribution in [0.4, 0.5) is 4.39 Å². The van der Waals surface area contributed by atoms with Gasteiger partial charge in [-0.15, -0.1) is 0 Å². The van der Waals surface area contributed by atoms with Crippen LogP contribution in [0.25, 0.3) is 0 Å². The van der Waals surface area contributed by atoms with Gasteiger partial charge in [-0.3, -0.25) is 0 Å². The summed E-state index contributed by atoms with van der Waals surface area (Å²) in [6.07, 6.45) is 0. The van der Waals surface area contributed by atoms with Crippen molar-refractivity contribution in [3.8, 4) is 0 Å². The van der Waals surface area contributed by atoms with E-state index in [4.69, 9.17) is 11.5 Å². The third-order valence-electron chi connectivity index (χ3n) is 4.27. The lowest BCUT2D eigenvalue weighted by atomic mass is 10.1. The predicted octanol–water partition coefficient (Wildman–Crippen LogP) is 1.42. The van der Waals surface area contributed by atoms with E-state index in [0.29, 0.717) is 5.56 Å². The van der Waals surface area contributed by atoms with E-state index in [0.717, 1.165) is 0 Å². The fourth-order valence-electron chi connectivity index (χ4n) is 3.08. The van der Waals surface area contributed by atoms with E-state index < -0.39 is 32.4 Å². The number of halogens is 1. The normalized spacial score (nSPS) is 27.6. The fourth-order valence-corrected chi connectivity index (χ4v) is 5.42. The Hall–Kier alpha value is -1.76. The number of rotatable bonds is 4. The second-order valence-corrected chi connectivity index (χ2v) is 7.70. The molecule has 4 N–H and O–H groups in total. The molecule has 0 aliphatic heterocycles. The van der Waals surface area contributed by atoms with Crippen LogP contribution in [0.15, 0.2) is 59.5 Å². The number of benzene rings is 2. The molecule has 22 heavy (non-hydrogen) atoms. The molecule has 0 spiro atoms. The molecular weight excluding hydrogens is 303 g/mol. The van der Waals surface area contributed by atoms with Crippen molar-refractivity contribution in [1.82, 2.24) is 0 Å². The highest BCUT2D eigenvalue weighted by molar-refractivity contribution is 7.92. The van der Waals surface area contributed by atoms with Crippen LogP contribution in [0, 0.1) is 5.82 Å². The van der Waals surface area contributed by atoms with Crippen LogP contribution in [0.3, 0.4) is 0 Å². The topological polar surface area (TPSA) is 86.2 Å². The summed E-state index contributed by atoms with van der Waals surface area (Å²) in [5.41, 5.74) is 11.4. The summed E-state index contributed by atoms with van der Waals surface area (Å²) in [5.74, 6) is -0.918. The van der Waals surface area contributed by atoms with Crippen molar-refractivity contribution in [3.63, 3.8) is 0 Å². The van der Waals surface area contributed by atoms with Gasteiger partial charge in [-0.2, -0.15) is 0 Å². The standard InChI is InChI=1S/C16H17FN2O2S/c17-12-6-4-5-11(9-12)14-15(16(14,19)10-18)22(20,21)13-7-2-1-3-8-13/h1-9,14-15H,10,18-19H2/t14-,15-,16+/m0/s1. The minimum Gasteiger partial charge on any atom is -0.329 e. The second-order valence-electron chi connectivity index (χ2n) is 5.63. The van der Waals surface area contributed by atoms with Crippen LogP contribution >= 0.6 is 0 Å². The van der Waals surface area contributed by atoms with Crippen molar-refractivity contribution in [1.29, 1.82) is 0 Å². The first-order valence-corrected chi connectivity index (χ1v) is 8.49. The lowest BCUT2D eigenvalue weighted by molar-refractivity contribution is 0.586. The van der Waals surface area contributed by atoms with Gasteiger partial charge in [0.05, 0.1) is 15.7 Å². The number of hydrogen-bond donors (Lipinski definition) is 2. The highest BCUT2D eigenvalue weighted by atomic mass is 32.2. The number of hydrogen-bond acceptors (Lipinski definition) is 4. The van der Waals surface area contributed by atoms with Crippen LogP contribution in [-0.4, -0.2) is 25.8 Å². The Morgan fingerprint density at radius 3 is 2.36 bits per heavy atom. The Bertz CT molecular complexity index is 795. The quantitative estimate of drug-likeness (QED) is 0.892. The van der Waals surface area contributed by atoms with Crippen LogP contribution < -0.4 is 11.5 Å². The Balaban J connectivity index is 2.04. The maximum atomic E-state index is 13.4. The molecule has 1 aliphatic rings. The molecular formula is C16H17FN2O2S. The average Bonchev–Trinajstić information content (AvgIpc) is 3.16. The van der Waals surface area contributed by atoms with Crippen LogP contribution in [-0.2, 0) is 9.84 Å². The van der Waals surface area contributed by atoms with E-state index in [2.05, 4.69) is 0 Å². The zero-order chi connectivity index (χ0) is 16.0. The van der Waals surface area contributed by atoms with E-state index in [1.807, 2.05) is 0 Å². The molecule has 0 saturated heterocycles. The molecule has 3 atom stereocenters. The third-order valence-corrected chi connectivity index (χ3v) is 6.58. The first-order chi connectivity index (χ1) is 10.4. The Morgan fingerprint density at radius 2 is 1.77 bits per heavy atom. The molecule has 0 aromatic heterocycles. The molecule has 2 aromatic carbocycles. The van der Waals surface area contributed by atoms with Crippen LogP contribution in [0.1, 0.15) is 11.5 Å². The predicted molar refractivity (Wildman–Crippen MR) is 82.5 cm³/mol. The van der Waals surface area contributed by atoms with Crippen molar-refractivity contribution in [2.45, 2.75) is 21.6 Å². The maximum absolute atomic E-state index is 13.4. The molecule has 0 bridgehead atoms. The summed E-state index contributed by atoms with van der Waals surface area (Å²) in [5, 5.41) is -0.839. The lowest BCUT2D eigenvalue weighted by Crippen LogP contribution is -2.39. The van der Waals surface area contributed by atoms with Crippen molar-refractivity contribution in [2.75, 3.05) is 6.54 Å². The molecule has 2 aromatic rings. The van der Waals surface area contributed by atoms with Crippen molar-refractivity contribution < 1.29 is 12.8 Å². The molecule has 3 rings (SSSR count). The van der Waals surface area contributed by atoms with Crippen molar-refractivity contribution >= 4 is 9.84 Å². The lowest BCUT2D eigenvalue weighted by Gasteiger charge is -2.08. The van der Waals surface area contributed by atoms with Gasteiger partial charge in [-0.25, -0.2) is 12.8 Å². The van der Waals surface area contributed by atoms with Crippen LogP contribution in [0.5, 0.6) is 0 Å². The van der Waals surface area contributed by atoms with Gasteiger partial charge in [0.15, 0.2) is 9.84 Å². The minimum atomic E-state index is -3.62. The van der Waals surface area contributed by atoms with E-state index >= 15 is 0 Å². The van der Waals surface area contributed by atoms with Crippen LogP contribution in [0.2, 0.25) is 0 Å². The van der Waals surface area contributed by atoms with Gasteiger partial charge in [0, 0.05) is 12.5 Å². The molecule has 116 valence electrons. The zero-order valence-corrected chi connectivity index (χ0v) is 12.6. The molecule has 0 radical (unpaired) electrons. The van der Waals surface area contributed by atoms with Gasteiger partial charge in [0.2, 0.25) is 0 Å². The number of nitrogens with two attached hydrogens (primary N) is 2. The van der Waals surface area contributed by atoms with E-state index in [1.165, 1.54) is 24.3 Å².